The molecule has 0 spiro atoms. The minimum Gasteiger partial charge on any atom is -0.0557 e. The molecule has 78 valence electrons. The molecule has 0 nitrogen and oxygen atoms in total. The first-order valence-corrected chi connectivity index (χ1v) is 5.48. The van der Waals surface area contributed by atoms with Crippen molar-refractivity contribution in [1.82, 2.24) is 0 Å². The molecule has 0 bridgehead atoms. The molecule has 0 atom stereocenters. The summed E-state index contributed by atoms with van der Waals surface area (Å²) in [6, 6.07) is 6.86. The number of rotatable bonds is 0. The molecule has 0 aromatic heterocycles. The Hall–Kier alpha value is -1.30. The van der Waals surface area contributed by atoms with Gasteiger partial charge in [-0.15, -0.1) is 0 Å². The molecule has 0 heterocycles. The van der Waals surface area contributed by atoms with Crippen molar-refractivity contribution in [1.29, 1.82) is 0 Å². The van der Waals surface area contributed by atoms with Crippen LogP contribution in [-0.4, -0.2) is 0 Å². The summed E-state index contributed by atoms with van der Waals surface area (Å²) in [5, 5.41) is 2.86. The van der Waals surface area contributed by atoms with Gasteiger partial charge in [0.25, 0.3) is 0 Å². The molecule has 15 heavy (non-hydrogen) atoms. The van der Waals surface area contributed by atoms with Crippen LogP contribution in [0, 0.1) is 34.6 Å². The molecule has 0 fully saturated rings. The maximum Gasteiger partial charge on any atom is -0.0120 e. The second-order valence-electron chi connectivity index (χ2n) is 4.64. The highest BCUT2D eigenvalue weighted by atomic mass is 14.1. The lowest BCUT2D eigenvalue weighted by Gasteiger charge is -2.12. The van der Waals surface area contributed by atoms with E-state index in [2.05, 4.69) is 52.8 Å². The summed E-state index contributed by atoms with van der Waals surface area (Å²) in [6.07, 6.45) is 0. The van der Waals surface area contributed by atoms with E-state index in [1.165, 1.54) is 38.6 Å². The second kappa shape index (κ2) is 3.37. The van der Waals surface area contributed by atoms with Gasteiger partial charge in [-0.25, -0.2) is 0 Å². The first-order chi connectivity index (χ1) is 7.00. The van der Waals surface area contributed by atoms with Crippen LogP contribution in [0.15, 0.2) is 18.2 Å². The molecule has 0 saturated heterocycles. The third-order valence-corrected chi connectivity index (χ3v) is 3.30. The predicted octanol–water partition coefficient (Wildman–Crippen LogP) is 4.38. The van der Waals surface area contributed by atoms with Gasteiger partial charge in [-0.3, -0.25) is 0 Å². The lowest BCUT2D eigenvalue weighted by Crippen LogP contribution is -1.91. The molecule has 0 aliphatic carbocycles. The Kier molecular flexibility index (Phi) is 2.30. The molecule has 0 aliphatic rings. The third-order valence-electron chi connectivity index (χ3n) is 3.30. The quantitative estimate of drug-likeness (QED) is 0.589. The highest BCUT2D eigenvalue weighted by molar-refractivity contribution is 5.92. The van der Waals surface area contributed by atoms with Crippen molar-refractivity contribution in [2.24, 2.45) is 0 Å². The van der Waals surface area contributed by atoms with Gasteiger partial charge in [-0.05, 0) is 67.6 Å². The van der Waals surface area contributed by atoms with E-state index in [9.17, 15) is 0 Å². The van der Waals surface area contributed by atoms with Gasteiger partial charge in [0, 0.05) is 0 Å². The predicted molar refractivity (Wildman–Crippen MR) is 67.6 cm³/mol. The molecule has 0 heteroatoms. The van der Waals surface area contributed by atoms with Gasteiger partial charge < -0.3 is 0 Å². The van der Waals surface area contributed by atoms with E-state index in [0.29, 0.717) is 0 Å². The van der Waals surface area contributed by atoms with E-state index in [1.807, 2.05) is 0 Å². The Labute approximate surface area is 91.9 Å². The zero-order valence-electron chi connectivity index (χ0n) is 10.2. The van der Waals surface area contributed by atoms with E-state index in [0.717, 1.165) is 0 Å². The summed E-state index contributed by atoms with van der Waals surface area (Å²) in [5.74, 6) is 0. The number of fused-ring (bicyclic) bond motifs is 1. The van der Waals surface area contributed by atoms with Crippen LogP contribution in [0.1, 0.15) is 27.8 Å². The first kappa shape index (κ1) is 10.2. The van der Waals surface area contributed by atoms with E-state index in [4.69, 9.17) is 0 Å². The van der Waals surface area contributed by atoms with Gasteiger partial charge in [0.05, 0.1) is 0 Å². The van der Waals surface area contributed by atoms with Gasteiger partial charge in [0.2, 0.25) is 0 Å². The van der Waals surface area contributed by atoms with Crippen LogP contribution in [0.4, 0.5) is 0 Å². The molecule has 0 N–H and O–H groups in total. The summed E-state index contributed by atoms with van der Waals surface area (Å²) in [4.78, 5) is 0. The largest absolute Gasteiger partial charge is 0.0557 e. The first-order valence-electron chi connectivity index (χ1n) is 5.48. The van der Waals surface area contributed by atoms with Gasteiger partial charge >= 0.3 is 0 Å². The van der Waals surface area contributed by atoms with E-state index in [-0.39, 0.29) is 0 Å². The molecule has 0 amide bonds. The van der Waals surface area contributed by atoms with Gasteiger partial charge in [0.15, 0.2) is 0 Å². The minimum absolute atomic E-state index is 1.35. The van der Waals surface area contributed by atoms with Crippen molar-refractivity contribution in [3.8, 4) is 0 Å². The summed E-state index contributed by atoms with van der Waals surface area (Å²) in [5.41, 5.74) is 6.96. The van der Waals surface area contributed by atoms with Crippen LogP contribution in [0.25, 0.3) is 10.8 Å². The average molecular weight is 198 g/mol. The monoisotopic (exact) mass is 198 g/mol. The smallest absolute Gasteiger partial charge is 0.0120 e. The molecule has 0 aliphatic heterocycles. The van der Waals surface area contributed by atoms with Crippen LogP contribution < -0.4 is 0 Å². The van der Waals surface area contributed by atoms with Crippen LogP contribution in [0.5, 0.6) is 0 Å². The zero-order chi connectivity index (χ0) is 11.2. The Morgan fingerprint density at radius 3 is 2.00 bits per heavy atom. The number of aryl methyl sites for hydroxylation is 5. The lowest BCUT2D eigenvalue weighted by atomic mass is 9.92. The molecular weight excluding hydrogens is 180 g/mol. The highest BCUT2D eigenvalue weighted by Crippen LogP contribution is 2.29. The highest BCUT2D eigenvalue weighted by Gasteiger charge is 2.06. The topological polar surface area (TPSA) is 0 Å². The molecule has 0 radical (unpaired) electrons. The minimum atomic E-state index is 1.35. The fraction of sp³-hybridized carbons (Fsp3) is 0.333. The summed E-state index contributed by atoms with van der Waals surface area (Å²) >= 11 is 0. The van der Waals surface area contributed by atoms with Gasteiger partial charge in [-0.1, -0.05) is 23.8 Å². The fourth-order valence-corrected chi connectivity index (χ4v) is 2.48. The Morgan fingerprint density at radius 1 is 0.667 bits per heavy atom. The van der Waals surface area contributed by atoms with Crippen LogP contribution in [0.2, 0.25) is 0 Å². The van der Waals surface area contributed by atoms with E-state index in [1.54, 1.807) is 0 Å². The summed E-state index contributed by atoms with van der Waals surface area (Å²) in [7, 11) is 0. The van der Waals surface area contributed by atoms with Crippen molar-refractivity contribution in [2.75, 3.05) is 0 Å². The van der Waals surface area contributed by atoms with Crippen molar-refractivity contribution >= 4 is 10.8 Å². The number of hydrogen-bond acceptors (Lipinski definition) is 0. The third kappa shape index (κ3) is 1.54. The second-order valence-corrected chi connectivity index (χ2v) is 4.64. The van der Waals surface area contributed by atoms with Crippen LogP contribution >= 0.6 is 0 Å². The standard InChI is InChI=1S/C15H18/c1-9-6-12(4)15-13(5)10(2)8-11(3)14(15)7-9/h6-8H,1-5H3. The maximum atomic E-state index is 2.30. The van der Waals surface area contributed by atoms with Crippen LogP contribution in [-0.2, 0) is 0 Å². The number of hydrogen-bond donors (Lipinski definition) is 0. The lowest BCUT2D eigenvalue weighted by molar-refractivity contribution is 1.32. The Bertz CT molecular complexity index is 533. The van der Waals surface area contributed by atoms with Crippen LogP contribution in [0.3, 0.4) is 0 Å². The van der Waals surface area contributed by atoms with Crippen molar-refractivity contribution < 1.29 is 0 Å². The van der Waals surface area contributed by atoms with Crippen molar-refractivity contribution in [3.05, 3.63) is 46.0 Å². The Morgan fingerprint density at radius 2 is 1.33 bits per heavy atom. The van der Waals surface area contributed by atoms with E-state index >= 15 is 0 Å². The SMILES string of the molecule is Cc1cc(C)c2c(C)c(C)cc(C)c2c1. The molecule has 2 rings (SSSR count). The zero-order valence-corrected chi connectivity index (χ0v) is 10.2. The fourth-order valence-electron chi connectivity index (χ4n) is 2.48. The molecule has 2 aromatic carbocycles. The maximum absolute atomic E-state index is 2.30. The molecule has 0 saturated carbocycles. The van der Waals surface area contributed by atoms with Crippen molar-refractivity contribution in [2.45, 2.75) is 34.6 Å². The average Bonchev–Trinajstić information content (AvgIpc) is 2.13. The van der Waals surface area contributed by atoms with Gasteiger partial charge in [-0.2, -0.15) is 0 Å². The Balaban J connectivity index is 3.03. The normalized spacial score (nSPS) is 11.0. The molecule has 0 unspecified atom stereocenters. The van der Waals surface area contributed by atoms with E-state index < -0.39 is 0 Å². The molecule has 2 aromatic rings. The van der Waals surface area contributed by atoms with Gasteiger partial charge in [0.1, 0.15) is 0 Å². The molecular formula is C15H18. The van der Waals surface area contributed by atoms with Crippen molar-refractivity contribution in [3.63, 3.8) is 0 Å². The summed E-state index contributed by atoms with van der Waals surface area (Å²) < 4.78 is 0. The summed E-state index contributed by atoms with van der Waals surface area (Å²) in [6.45, 7) is 11.0. The number of benzene rings is 2.